The molecule has 2 unspecified atom stereocenters. The summed E-state index contributed by atoms with van der Waals surface area (Å²) in [7, 11) is 1.47. The van der Waals surface area contributed by atoms with E-state index in [1.807, 2.05) is 31.2 Å². The van der Waals surface area contributed by atoms with Crippen LogP contribution in [0.5, 0.6) is 17.6 Å². The molecule has 2 amide bonds. The highest BCUT2D eigenvalue weighted by Gasteiger charge is 2.33. The second-order valence-electron chi connectivity index (χ2n) is 9.50. The number of carbonyl (C=O) groups is 2. The lowest BCUT2D eigenvalue weighted by Gasteiger charge is -2.33. The number of carbonyl (C=O) groups excluding carboxylic acids is 2. The van der Waals surface area contributed by atoms with E-state index in [9.17, 15) is 9.59 Å². The average Bonchev–Trinajstić information content (AvgIpc) is 3.60. The summed E-state index contributed by atoms with van der Waals surface area (Å²) in [5, 5.41) is 10.7. The number of aryl methyl sites for hydroxylation is 1. The number of benzene rings is 1. The number of piperidine rings is 1. The Morgan fingerprint density at radius 3 is 2.82 bits per heavy atom. The van der Waals surface area contributed by atoms with Crippen LogP contribution in [0.2, 0.25) is 0 Å². The highest BCUT2D eigenvalue weighted by atomic mass is 16.6. The molecule has 206 valence electrons. The second kappa shape index (κ2) is 12.1. The summed E-state index contributed by atoms with van der Waals surface area (Å²) in [6, 6.07) is 9.70. The molecule has 0 bridgehead atoms. The average molecular weight is 538 g/mol. The lowest BCUT2D eigenvalue weighted by molar-refractivity contribution is -0.134. The van der Waals surface area contributed by atoms with Gasteiger partial charge in [0.25, 0.3) is 5.91 Å². The van der Waals surface area contributed by atoms with Crippen molar-refractivity contribution in [1.82, 2.24) is 29.9 Å². The van der Waals surface area contributed by atoms with Crippen molar-refractivity contribution in [2.75, 3.05) is 32.1 Å². The van der Waals surface area contributed by atoms with E-state index >= 15 is 0 Å². The molecule has 3 atom stereocenters. The van der Waals surface area contributed by atoms with Gasteiger partial charge in [-0.1, -0.05) is 22.9 Å². The van der Waals surface area contributed by atoms with Gasteiger partial charge in [0.15, 0.2) is 5.82 Å². The molecule has 2 aromatic heterocycles. The van der Waals surface area contributed by atoms with Gasteiger partial charge in [0.1, 0.15) is 30.6 Å². The van der Waals surface area contributed by atoms with Crippen LogP contribution in [-0.2, 0) is 20.9 Å². The third-order valence-electron chi connectivity index (χ3n) is 6.47. The molecule has 4 heterocycles. The van der Waals surface area contributed by atoms with Gasteiger partial charge >= 0.3 is 6.01 Å². The molecule has 0 aliphatic carbocycles. The molecule has 0 radical (unpaired) electrons. The van der Waals surface area contributed by atoms with Gasteiger partial charge in [-0.3, -0.25) is 9.59 Å². The lowest BCUT2D eigenvalue weighted by Crippen LogP contribution is -2.45. The minimum atomic E-state index is -0.718. The maximum Gasteiger partial charge on any atom is 0.319 e. The van der Waals surface area contributed by atoms with E-state index in [1.165, 1.54) is 29.7 Å². The monoisotopic (exact) mass is 537 g/mol. The SMILES string of the molecule is COc1nccc(OC2COC(C(=O)Nc3cn(CC(=O)N4CCC[C@H](Oc5ccc(C)cc5)C4)nn3)C2)n1. The van der Waals surface area contributed by atoms with Crippen LogP contribution < -0.4 is 19.5 Å². The maximum absolute atomic E-state index is 12.9. The molecule has 5 rings (SSSR count). The van der Waals surface area contributed by atoms with Gasteiger partial charge in [0, 0.05) is 25.2 Å². The summed E-state index contributed by atoms with van der Waals surface area (Å²) in [5.41, 5.74) is 1.17. The smallest absolute Gasteiger partial charge is 0.319 e. The highest BCUT2D eigenvalue weighted by molar-refractivity contribution is 5.93. The lowest BCUT2D eigenvalue weighted by atomic mass is 10.1. The molecular weight excluding hydrogens is 506 g/mol. The Kier molecular flexibility index (Phi) is 8.16. The van der Waals surface area contributed by atoms with Crippen LogP contribution in [0.15, 0.2) is 42.7 Å². The molecule has 2 aliphatic rings. The minimum absolute atomic E-state index is 0.0123. The van der Waals surface area contributed by atoms with E-state index in [2.05, 4.69) is 25.6 Å². The molecular formula is C26H31N7O6. The minimum Gasteiger partial charge on any atom is -0.489 e. The Bertz CT molecular complexity index is 1280. The number of anilines is 1. The molecule has 2 saturated heterocycles. The Morgan fingerprint density at radius 2 is 2.00 bits per heavy atom. The van der Waals surface area contributed by atoms with Gasteiger partial charge in [0.2, 0.25) is 11.8 Å². The van der Waals surface area contributed by atoms with Crippen molar-refractivity contribution in [2.24, 2.45) is 0 Å². The fourth-order valence-electron chi connectivity index (χ4n) is 4.47. The highest BCUT2D eigenvalue weighted by Crippen LogP contribution is 2.22. The number of hydrogen-bond acceptors (Lipinski definition) is 10. The van der Waals surface area contributed by atoms with Gasteiger partial charge < -0.3 is 29.2 Å². The van der Waals surface area contributed by atoms with Crippen molar-refractivity contribution in [1.29, 1.82) is 0 Å². The summed E-state index contributed by atoms with van der Waals surface area (Å²) in [6.07, 6.45) is 4.00. The first-order valence-electron chi connectivity index (χ1n) is 12.8. The summed E-state index contributed by atoms with van der Waals surface area (Å²) >= 11 is 0. The largest absolute Gasteiger partial charge is 0.489 e. The van der Waals surface area contributed by atoms with Gasteiger partial charge in [-0.25, -0.2) is 9.67 Å². The number of nitrogens with one attached hydrogen (secondary N) is 1. The standard InChI is InChI=1S/C26H31N7O6/c1-17-5-7-18(8-6-17)38-19-4-3-11-32(13-19)24(34)15-33-14-22(30-31-33)28-25(35)21-12-20(16-37-21)39-23-9-10-27-26(29-23)36-2/h5-10,14,19-21H,3-4,11-13,15-16H2,1-2H3,(H,28,35)/t19-,20?,21?/m0/s1. The number of methoxy groups -OCH3 is 1. The Labute approximate surface area is 225 Å². The van der Waals surface area contributed by atoms with E-state index in [0.717, 1.165) is 18.6 Å². The predicted octanol–water partition coefficient (Wildman–Crippen LogP) is 1.63. The molecule has 2 aliphatic heterocycles. The van der Waals surface area contributed by atoms with Crippen molar-refractivity contribution >= 4 is 17.6 Å². The number of hydrogen-bond donors (Lipinski definition) is 1. The quantitative estimate of drug-likeness (QED) is 0.428. The number of likely N-dealkylation sites (tertiary alicyclic amines) is 1. The summed E-state index contributed by atoms with van der Waals surface area (Å²) in [4.78, 5) is 35.4. The molecule has 39 heavy (non-hydrogen) atoms. The Morgan fingerprint density at radius 1 is 1.15 bits per heavy atom. The van der Waals surface area contributed by atoms with Gasteiger partial charge in [-0.15, -0.1) is 5.10 Å². The predicted molar refractivity (Wildman–Crippen MR) is 137 cm³/mol. The number of amides is 2. The number of ether oxygens (including phenoxy) is 4. The van der Waals surface area contributed by atoms with Crippen LogP contribution in [0, 0.1) is 6.92 Å². The van der Waals surface area contributed by atoms with Crippen molar-refractivity contribution in [3.8, 4) is 17.6 Å². The van der Waals surface area contributed by atoms with E-state index in [4.69, 9.17) is 18.9 Å². The second-order valence-corrected chi connectivity index (χ2v) is 9.50. The van der Waals surface area contributed by atoms with Crippen molar-refractivity contribution < 1.29 is 28.5 Å². The third-order valence-corrected chi connectivity index (χ3v) is 6.47. The Hall–Kier alpha value is -4.26. The zero-order chi connectivity index (χ0) is 27.2. The number of aromatic nitrogens is 5. The molecule has 0 spiro atoms. The van der Waals surface area contributed by atoms with Crippen LogP contribution in [0.1, 0.15) is 24.8 Å². The van der Waals surface area contributed by atoms with E-state index < -0.39 is 6.10 Å². The normalized spacial score (nSPS) is 20.9. The molecule has 0 saturated carbocycles. The van der Waals surface area contributed by atoms with E-state index in [-0.39, 0.29) is 49.0 Å². The van der Waals surface area contributed by atoms with Gasteiger partial charge in [0.05, 0.1) is 26.5 Å². The topological polar surface area (TPSA) is 143 Å². The van der Waals surface area contributed by atoms with Crippen LogP contribution in [0.4, 0.5) is 5.82 Å². The fraction of sp³-hybridized carbons (Fsp3) is 0.462. The van der Waals surface area contributed by atoms with Crippen LogP contribution in [0.3, 0.4) is 0 Å². The van der Waals surface area contributed by atoms with Gasteiger partial charge in [-0.05, 0) is 31.9 Å². The molecule has 3 aromatic rings. The molecule has 13 heteroatoms. The zero-order valence-electron chi connectivity index (χ0n) is 21.9. The first-order chi connectivity index (χ1) is 18.9. The van der Waals surface area contributed by atoms with Gasteiger partial charge in [-0.2, -0.15) is 4.98 Å². The van der Waals surface area contributed by atoms with Crippen molar-refractivity contribution in [3.63, 3.8) is 0 Å². The van der Waals surface area contributed by atoms with Crippen LogP contribution in [-0.4, -0.2) is 86.8 Å². The van der Waals surface area contributed by atoms with Crippen LogP contribution >= 0.6 is 0 Å². The molecule has 13 nitrogen and oxygen atoms in total. The van der Waals surface area contributed by atoms with E-state index in [1.54, 1.807) is 11.0 Å². The number of rotatable bonds is 9. The molecule has 1 N–H and O–H groups in total. The molecule has 2 fully saturated rings. The summed E-state index contributed by atoms with van der Waals surface area (Å²) < 4.78 is 23.9. The maximum atomic E-state index is 12.9. The third kappa shape index (κ3) is 6.99. The van der Waals surface area contributed by atoms with E-state index in [0.29, 0.717) is 25.4 Å². The molecule has 1 aromatic carbocycles. The Balaban J connectivity index is 1.08. The van der Waals surface area contributed by atoms with Crippen LogP contribution in [0.25, 0.3) is 0 Å². The zero-order valence-corrected chi connectivity index (χ0v) is 21.9. The summed E-state index contributed by atoms with van der Waals surface area (Å²) in [6.45, 7) is 3.44. The first kappa shape index (κ1) is 26.4. The summed E-state index contributed by atoms with van der Waals surface area (Å²) in [5.74, 6) is 0.920. The number of nitrogens with zero attached hydrogens (tertiary/aromatic N) is 6. The fourth-order valence-corrected chi connectivity index (χ4v) is 4.47. The van der Waals surface area contributed by atoms with Crippen molar-refractivity contribution in [2.45, 2.75) is 51.0 Å². The first-order valence-corrected chi connectivity index (χ1v) is 12.8. The van der Waals surface area contributed by atoms with Crippen molar-refractivity contribution in [3.05, 3.63) is 48.3 Å².